The largest absolute Gasteiger partial charge is 0.481 e. The second kappa shape index (κ2) is 6.96. The fourth-order valence-corrected chi connectivity index (χ4v) is 1.63. The van der Waals surface area contributed by atoms with Crippen molar-refractivity contribution in [3.63, 3.8) is 0 Å². The first-order valence-electron chi connectivity index (χ1n) is 6.19. The van der Waals surface area contributed by atoms with Crippen LogP contribution >= 0.6 is 0 Å². The zero-order valence-corrected chi connectivity index (χ0v) is 11.2. The number of anilines is 1. The molecule has 0 spiro atoms. The molecule has 0 aliphatic rings. The third-order valence-corrected chi connectivity index (χ3v) is 2.70. The van der Waals surface area contributed by atoms with Crippen LogP contribution in [0, 0.1) is 0 Å². The summed E-state index contributed by atoms with van der Waals surface area (Å²) in [5.74, 6) is -1.07. The number of benzene rings is 1. The molecule has 5 nitrogen and oxygen atoms in total. The van der Waals surface area contributed by atoms with Gasteiger partial charge in [-0.15, -0.1) is 0 Å². The number of aliphatic carboxylic acids is 1. The first-order valence-corrected chi connectivity index (χ1v) is 6.19. The number of amides is 2. The van der Waals surface area contributed by atoms with E-state index in [1.807, 2.05) is 0 Å². The van der Waals surface area contributed by atoms with Gasteiger partial charge >= 0.3 is 18.2 Å². The van der Waals surface area contributed by atoms with Gasteiger partial charge in [-0.3, -0.25) is 4.79 Å². The lowest BCUT2D eigenvalue weighted by Crippen LogP contribution is -2.38. The quantitative estimate of drug-likeness (QED) is 0.782. The fraction of sp³-hybridized carbons (Fsp3) is 0.385. The monoisotopic (exact) mass is 304 g/mol. The maximum Gasteiger partial charge on any atom is 0.416 e. The second-order valence-electron chi connectivity index (χ2n) is 4.38. The van der Waals surface area contributed by atoms with Crippen LogP contribution in [0.25, 0.3) is 0 Å². The molecule has 8 heteroatoms. The topological polar surface area (TPSA) is 78.4 Å². The number of halogens is 3. The molecule has 1 atom stereocenters. The van der Waals surface area contributed by atoms with Crippen molar-refractivity contribution in [3.8, 4) is 0 Å². The molecule has 0 saturated heterocycles. The van der Waals surface area contributed by atoms with Gasteiger partial charge in [0.25, 0.3) is 0 Å². The van der Waals surface area contributed by atoms with E-state index in [9.17, 15) is 22.8 Å². The minimum atomic E-state index is -4.50. The van der Waals surface area contributed by atoms with Gasteiger partial charge in [0.1, 0.15) is 0 Å². The molecule has 116 valence electrons. The minimum absolute atomic E-state index is 0.0208. The number of carboxylic acid groups (broad SMARTS) is 1. The molecule has 3 N–H and O–H groups in total. The average molecular weight is 304 g/mol. The normalized spacial score (nSPS) is 12.6. The highest BCUT2D eigenvalue weighted by Crippen LogP contribution is 2.30. The zero-order chi connectivity index (χ0) is 16.0. The van der Waals surface area contributed by atoms with Crippen molar-refractivity contribution in [2.75, 3.05) is 5.32 Å². The van der Waals surface area contributed by atoms with Crippen molar-refractivity contribution in [3.05, 3.63) is 29.8 Å². The van der Waals surface area contributed by atoms with Gasteiger partial charge < -0.3 is 15.7 Å². The summed E-state index contributed by atoms with van der Waals surface area (Å²) in [5.41, 5.74) is -0.898. The number of rotatable bonds is 5. The average Bonchev–Trinajstić information content (AvgIpc) is 2.36. The molecule has 21 heavy (non-hydrogen) atoms. The Hall–Kier alpha value is -2.25. The van der Waals surface area contributed by atoms with E-state index in [-0.39, 0.29) is 12.1 Å². The first kappa shape index (κ1) is 16.8. The van der Waals surface area contributed by atoms with Gasteiger partial charge in [-0.1, -0.05) is 13.0 Å². The van der Waals surface area contributed by atoms with Gasteiger partial charge in [0.15, 0.2) is 0 Å². The maximum absolute atomic E-state index is 12.5. The molecule has 0 aliphatic carbocycles. The predicted octanol–water partition coefficient (Wildman–Crippen LogP) is 3.08. The number of carboxylic acids is 1. The van der Waals surface area contributed by atoms with Crippen LogP contribution in [0.5, 0.6) is 0 Å². The van der Waals surface area contributed by atoms with Crippen molar-refractivity contribution in [2.24, 2.45) is 0 Å². The number of hydrogen-bond donors (Lipinski definition) is 3. The van der Waals surface area contributed by atoms with Crippen LogP contribution in [-0.2, 0) is 11.0 Å². The Morgan fingerprint density at radius 2 is 2.00 bits per heavy atom. The highest BCUT2D eigenvalue weighted by Gasteiger charge is 2.30. The van der Waals surface area contributed by atoms with Crippen LogP contribution in [0.15, 0.2) is 24.3 Å². The molecule has 1 unspecified atom stereocenters. The van der Waals surface area contributed by atoms with Gasteiger partial charge in [-0.2, -0.15) is 13.2 Å². The number of carbonyl (C=O) groups excluding carboxylic acids is 1. The Balaban J connectivity index is 2.68. The summed E-state index contributed by atoms with van der Waals surface area (Å²) in [6.45, 7) is 1.69. The Morgan fingerprint density at radius 1 is 1.33 bits per heavy atom. The molecular weight excluding hydrogens is 289 g/mol. The molecule has 0 bridgehead atoms. The summed E-state index contributed by atoms with van der Waals surface area (Å²) in [6, 6.07) is 2.84. The van der Waals surface area contributed by atoms with Crippen molar-refractivity contribution in [1.82, 2.24) is 5.32 Å². The van der Waals surface area contributed by atoms with Crippen molar-refractivity contribution in [1.29, 1.82) is 0 Å². The van der Waals surface area contributed by atoms with Gasteiger partial charge in [-0.05, 0) is 24.6 Å². The van der Waals surface area contributed by atoms with Crippen LogP contribution in [0.2, 0.25) is 0 Å². The van der Waals surface area contributed by atoms with E-state index in [4.69, 9.17) is 5.11 Å². The first-order chi connectivity index (χ1) is 9.72. The summed E-state index contributed by atoms with van der Waals surface area (Å²) in [4.78, 5) is 22.2. The number of alkyl halides is 3. The standard InChI is InChI=1S/C13H15F3N2O3/c1-2-9(7-11(19)20)17-12(21)18-10-5-3-4-8(6-10)13(14,15)16/h3-6,9H,2,7H2,1H3,(H,19,20)(H2,17,18,21). The predicted molar refractivity (Wildman–Crippen MR) is 69.9 cm³/mol. The lowest BCUT2D eigenvalue weighted by atomic mass is 10.1. The van der Waals surface area contributed by atoms with E-state index in [2.05, 4.69) is 10.6 Å². The molecule has 0 fully saturated rings. The van der Waals surface area contributed by atoms with Gasteiger partial charge in [0.05, 0.1) is 12.0 Å². The third-order valence-electron chi connectivity index (χ3n) is 2.70. The summed E-state index contributed by atoms with van der Waals surface area (Å²) in [6.07, 6.45) is -4.36. The molecule has 2 amide bonds. The second-order valence-corrected chi connectivity index (χ2v) is 4.38. The van der Waals surface area contributed by atoms with Gasteiger partial charge in [0, 0.05) is 11.7 Å². The van der Waals surface area contributed by atoms with Gasteiger partial charge in [-0.25, -0.2) is 4.79 Å². The molecule has 1 aromatic carbocycles. The van der Waals surface area contributed by atoms with E-state index in [1.165, 1.54) is 12.1 Å². The smallest absolute Gasteiger partial charge is 0.416 e. The van der Waals surface area contributed by atoms with Crippen molar-refractivity contribution >= 4 is 17.7 Å². The number of urea groups is 1. The van der Waals surface area contributed by atoms with Crippen molar-refractivity contribution in [2.45, 2.75) is 32.0 Å². The fourth-order valence-electron chi connectivity index (χ4n) is 1.63. The Morgan fingerprint density at radius 3 is 2.52 bits per heavy atom. The van der Waals surface area contributed by atoms with Crippen LogP contribution in [0.1, 0.15) is 25.3 Å². The molecule has 0 heterocycles. The van der Waals surface area contributed by atoms with Gasteiger partial charge in [0.2, 0.25) is 0 Å². The zero-order valence-electron chi connectivity index (χ0n) is 11.2. The summed E-state index contributed by atoms with van der Waals surface area (Å²) in [7, 11) is 0. The Bertz CT molecular complexity index is 518. The van der Waals surface area contributed by atoms with Crippen LogP contribution < -0.4 is 10.6 Å². The number of hydrogen-bond acceptors (Lipinski definition) is 2. The molecule has 0 radical (unpaired) electrons. The molecular formula is C13H15F3N2O3. The molecule has 0 saturated carbocycles. The Kier molecular flexibility index (Phi) is 5.57. The van der Waals surface area contributed by atoms with E-state index in [0.29, 0.717) is 6.42 Å². The SMILES string of the molecule is CCC(CC(=O)O)NC(=O)Nc1cccc(C(F)(F)F)c1. The van der Waals surface area contributed by atoms with Crippen LogP contribution in [0.3, 0.4) is 0 Å². The number of carbonyl (C=O) groups is 2. The van der Waals surface area contributed by atoms with Crippen LogP contribution in [-0.4, -0.2) is 23.1 Å². The summed E-state index contributed by atoms with van der Waals surface area (Å²) in [5, 5.41) is 13.3. The van der Waals surface area contributed by atoms with Crippen molar-refractivity contribution < 1.29 is 27.9 Å². The molecule has 0 aliphatic heterocycles. The van der Waals surface area contributed by atoms with E-state index < -0.39 is 29.8 Å². The minimum Gasteiger partial charge on any atom is -0.481 e. The Labute approximate surface area is 119 Å². The third kappa shape index (κ3) is 5.72. The van der Waals surface area contributed by atoms with E-state index >= 15 is 0 Å². The number of nitrogens with one attached hydrogen (secondary N) is 2. The van der Waals surface area contributed by atoms with Crippen LogP contribution in [0.4, 0.5) is 23.7 Å². The summed E-state index contributed by atoms with van der Waals surface area (Å²) >= 11 is 0. The molecule has 1 rings (SSSR count). The lowest BCUT2D eigenvalue weighted by Gasteiger charge is -2.16. The highest BCUT2D eigenvalue weighted by molar-refractivity contribution is 5.89. The molecule has 1 aromatic rings. The maximum atomic E-state index is 12.5. The highest BCUT2D eigenvalue weighted by atomic mass is 19.4. The van der Waals surface area contributed by atoms with E-state index in [0.717, 1.165) is 12.1 Å². The molecule has 0 aromatic heterocycles. The lowest BCUT2D eigenvalue weighted by molar-refractivity contribution is -0.138. The summed E-state index contributed by atoms with van der Waals surface area (Å²) < 4.78 is 37.6. The van der Waals surface area contributed by atoms with E-state index in [1.54, 1.807) is 6.92 Å².